The van der Waals surface area contributed by atoms with Crippen LogP contribution in [0, 0.1) is 11.3 Å². The molecule has 0 radical (unpaired) electrons. The van der Waals surface area contributed by atoms with Gasteiger partial charge in [0.2, 0.25) is 5.91 Å². The number of esters is 1. The van der Waals surface area contributed by atoms with Crippen LogP contribution in [0.4, 0.5) is 0 Å². The number of hydrazine groups is 1. The molecule has 0 spiro atoms. The standard InChI is InChI=1S/C31H41N5O7/c1-5-23-11-10-22-9-8-21(15-25(22)34-23)12-13-31(16-41-18-42-17-31)30(40)43-26(19(2)3)28(38)33-20(4)29(39)36-14-6-7-24(35-36)27(32)37/h8-13,15,19-20,24,26,35H,5-7,14,16-18H2,1-4H3,(H2,32,37)(H,33,38)/b13-12+/t20-,24-,26?/m0/s1. The second-order valence-corrected chi connectivity index (χ2v) is 11.4. The third-order valence-corrected chi connectivity index (χ3v) is 7.65. The Morgan fingerprint density at radius 1 is 1.19 bits per heavy atom. The number of amides is 3. The Morgan fingerprint density at radius 2 is 1.91 bits per heavy atom. The molecule has 2 fully saturated rings. The number of aryl methyl sites for hydroxylation is 1. The number of hydrogen-bond donors (Lipinski definition) is 3. The first-order chi connectivity index (χ1) is 20.5. The van der Waals surface area contributed by atoms with Crippen LogP contribution in [0.5, 0.6) is 0 Å². The molecule has 1 aromatic carbocycles. The van der Waals surface area contributed by atoms with Crippen LogP contribution in [-0.2, 0) is 39.8 Å². The first kappa shape index (κ1) is 32.1. The average molecular weight is 596 g/mol. The van der Waals surface area contributed by atoms with E-state index in [0.29, 0.717) is 19.4 Å². The Balaban J connectivity index is 1.47. The zero-order valence-corrected chi connectivity index (χ0v) is 25.1. The van der Waals surface area contributed by atoms with E-state index in [4.69, 9.17) is 19.9 Å². The van der Waals surface area contributed by atoms with Crippen molar-refractivity contribution in [3.8, 4) is 0 Å². The summed E-state index contributed by atoms with van der Waals surface area (Å²) < 4.78 is 16.8. The van der Waals surface area contributed by atoms with Crippen molar-refractivity contribution < 1.29 is 33.4 Å². The van der Waals surface area contributed by atoms with Crippen molar-refractivity contribution in [2.24, 2.45) is 17.1 Å². The monoisotopic (exact) mass is 595 g/mol. The van der Waals surface area contributed by atoms with Gasteiger partial charge in [0.15, 0.2) is 6.10 Å². The molecule has 1 aromatic heterocycles. The van der Waals surface area contributed by atoms with Crippen LogP contribution in [0.15, 0.2) is 36.4 Å². The molecule has 4 N–H and O–H groups in total. The molecule has 1 unspecified atom stereocenters. The fourth-order valence-corrected chi connectivity index (χ4v) is 5.03. The molecule has 0 aliphatic carbocycles. The smallest absolute Gasteiger partial charge is 0.321 e. The van der Waals surface area contributed by atoms with Gasteiger partial charge in [0.1, 0.15) is 24.3 Å². The van der Waals surface area contributed by atoms with Gasteiger partial charge in [-0.15, -0.1) is 0 Å². The third kappa shape index (κ3) is 7.75. The number of hydrogen-bond acceptors (Lipinski definition) is 9. The predicted octanol–water partition coefficient (Wildman–Crippen LogP) is 1.85. The van der Waals surface area contributed by atoms with Crippen molar-refractivity contribution in [2.75, 3.05) is 26.6 Å². The summed E-state index contributed by atoms with van der Waals surface area (Å²) in [5.74, 6) is -2.67. The van der Waals surface area contributed by atoms with Gasteiger partial charge in [-0.05, 0) is 49.8 Å². The van der Waals surface area contributed by atoms with E-state index in [9.17, 15) is 19.2 Å². The highest BCUT2D eigenvalue weighted by molar-refractivity contribution is 5.91. The molecule has 3 heterocycles. The van der Waals surface area contributed by atoms with Crippen molar-refractivity contribution in [1.82, 2.24) is 20.7 Å². The van der Waals surface area contributed by atoms with E-state index in [1.165, 1.54) is 11.9 Å². The van der Waals surface area contributed by atoms with E-state index in [2.05, 4.69) is 15.7 Å². The van der Waals surface area contributed by atoms with Crippen LogP contribution in [-0.4, -0.2) is 78.4 Å². The number of primary amides is 1. The quantitative estimate of drug-likeness (QED) is 0.348. The molecule has 4 rings (SSSR count). The largest absolute Gasteiger partial charge is 0.451 e. The maximum atomic E-state index is 13.7. The van der Waals surface area contributed by atoms with Crippen LogP contribution in [0.2, 0.25) is 0 Å². The van der Waals surface area contributed by atoms with Gasteiger partial charge in [-0.25, -0.2) is 5.43 Å². The molecular formula is C31H41N5O7. The van der Waals surface area contributed by atoms with Crippen LogP contribution in [0.1, 0.15) is 51.8 Å². The Hall–Kier alpha value is -3.87. The minimum absolute atomic E-state index is 0.0110. The van der Waals surface area contributed by atoms with Crippen molar-refractivity contribution in [1.29, 1.82) is 0 Å². The van der Waals surface area contributed by atoms with Crippen LogP contribution >= 0.6 is 0 Å². The second-order valence-electron chi connectivity index (χ2n) is 11.4. The first-order valence-corrected chi connectivity index (χ1v) is 14.7. The number of benzene rings is 1. The van der Waals surface area contributed by atoms with Crippen molar-refractivity contribution in [3.05, 3.63) is 47.7 Å². The number of ether oxygens (including phenoxy) is 3. The lowest BCUT2D eigenvalue weighted by atomic mass is 9.88. The molecule has 2 aliphatic heterocycles. The number of carbonyl (C=O) groups excluding carboxylic acids is 4. The van der Waals surface area contributed by atoms with E-state index in [-0.39, 0.29) is 20.0 Å². The van der Waals surface area contributed by atoms with E-state index < -0.39 is 53.2 Å². The molecular weight excluding hydrogens is 554 g/mol. The molecule has 12 nitrogen and oxygen atoms in total. The lowest BCUT2D eigenvalue weighted by molar-refractivity contribution is -0.192. The molecule has 232 valence electrons. The fourth-order valence-electron chi connectivity index (χ4n) is 5.03. The number of fused-ring (bicyclic) bond motifs is 1. The summed E-state index contributed by atoms with van der Waals surface area (Å²) in [5, 5.41) is 4.96. The van der Waals surface area contributed by atoms with E-state index in [1.54, 1.807) is 26.0 Å². The van der Waals surface area contributed by atoms with E-state index in [1.807, 2.05) is 37.3 Å². The maximum Gasteiger partial charge on any atom is 0.321 e. The minimum Gasteiger partial charge on any atom is -0.451 e. The van der Waals surface area contributed by atoms with Gasteiger partial charge in [-0.3, -0.25) is 29.2 Å². The molecule has 3 amide bonds. The summed E-state index contributed by atoms with van der Waals surface area (Å²) >= 11 is 0. The van der Waals surface area contributed by atoms with Crippen molar-refractivity contribution in [2.45, 2.75) is 65.1 Å². The molecule has 43 heavy (non-hydrogen) atoms. The molecule has 3 atom stereocenters. The number of aromatic nitrogens is 1. The average Bonchev–Trinajstić information content (AvgIpc) is 3.01. The summed E-state index contributed by atoms with van der Waals surface area (Å²) in [6.45, 7) is 7.50. The normalized spacial score (nSPS) is 20.1. The minimum atomic E-state index is -1.29. The van der Waals surface area contributed by atoms with Crippen LogP contribution in [0.3, 0.4) is 0 Å². The lowest BCUT2D eigenvalue weighted by Gasteiger charge is -2.35. The predicted molar refractivity (Wildman–Crippen MR) is 159 cm³/mol. The molecule has 2 aliphatic rings. The first-order valence-electron chi connectivity index (χ1n) is 14.7. The second kappa shape index (κ2) is 14.1. The maximum absolute atomic E-state index is 13.7. The number of nitrogens with zero attached hydrogens (tertiary/aromatic N) is 2. The van der Waals surface area contributed by atoms with Gasteiger partial charge >= 0.3 is 5.97 Å². The van der Waals surface area contributed by atoms with E-state index >= 15 is 0 Å². The lowest BCUT2D eigenvalue weighted by Crippen LogP contribution is -2.61. The number of rotatable bonds is 10. The van der Waals surface area contributed by atoms with Crippen LogP contribution in [0.25, 0.3) is 17.0 Å². The summed E-state index contributed by atoms with van der Waals surface area (Å²) in [5.41, 5.74) is 9.57. The highest BCUT2D eigenvalue weighted by atomic mass is 16.7. The van der Waals surface area contributed by atoms with Crippen LogP contribution < -0.4 is 16.5 Å². The van der Waals surface area contributed by atoms with Gasteiger partial charge in [0.25, 0.3) is 11.8 Å². The zero-order valence-electron chi connectivity index (χ0n) is 25.1. The van der Waals surface area contributed by atoms with Crippen molar-refractivity contribution >= 4 is 40.7 Å². The highest BCUT2D eigenvalue weighted by Crippen LogP contribution is 2.29. The highest BCUT2D eigenvalue weighted by Gasteiger charge is 2.43. The third-order valence-electron chi connectivity index (χ3n) is 7.65. The summed E-state index contributed by atoms with van der Waals surface area (Å²) in [6.07, 6.45) is 4.25. The van der Waals surface area contributed by atoms with Gasteiger partial charge < -0.3 is 25.3 Å². The van der Waals surface area contributed by atoms with Crippen molar-refractivity contribution in [3.63, 3.8) is 0 Å². The fraction of sp³-hybridized carbons (Fsp3) is 0.516. The Bertz CT molecular complexity index is 1370. The topological polar surface area (TPSA) is 162 Å². The number of nitrogens with one attached hydrogen (secondary N) is 2. The Kier molecular flexibility index (Phi) is 10.5. The van der Waals surface area contributed by atoms with Gasteiger partial charge in [0.05, 0.1) is 18.7 Å². The molecule has 0 bridgehead atoms. The number of carbonyl (C=O) groups is 4. The Labute approximate surface area is 251 Å². The van der Waals surface area contributed by atoms with Gasteiger partial charge in [-0.1, -0.05) is 51.1 Å². The van der Waals surface area contributed by atoms with E-state index in [0.717, 1.165) is 28.6 Å². The summed E-state index contributed by atoms with van der Waals surface area (Å²) in [6, 6.07) is 8.27. The summed E-state index contributed by atoms with van der Waals surface area (Å²) in [7, 11) is 0. The summed E-state index contributed by atoms with van der Waals surface area (Å²) in [4.78, 5) is 56.2. The van der Waals surface area contributed by atoms with Gasteiger partial charge in [0, 0.05) is 17.6 Å². The Morgan fingerprint density at radius 3 is 2.58 bits per heavy atom. The molecule has 2 saturated heterocycles. The zero-order chi connectivity index (χ0) is 31.1. The van der Waals surface area contributed by atoms with Gasteiger partial charge in [-0.2, -0.15) is 0 Å². The SMILES string of the molecule is CCc1ccc2ccc(/C=C/C3(C(=O)OC(C(=O)N[C@@H](C)C(=O)N4CCC[C@@H](C(N)=O)N4)C(C)C)COCOC3)cc2n1. The number of nitrogens with two attached hydrogens (primary N) is 1. The molecule has 0 saturated carbocycles. The molecule has 12 heteroatoms. The molecule has 2 aromatic rings. The number of pyridine rings is 1.